The monoisotopic (exact) mass is 288 g/mol. The summed E-state index contributed by atoms with van der Waals surface area (Å²) in [5.74, 6) is 0. The molecule has 2 atom stereocenters. The van der Waals surface area contributed by atoms with Crippen LogP contribution < -0.4 is 0 Å². The second-order valence-electron chi connectivity index (χ2n) is 6.48. The molecule has 2 aliphatic rings. The molecule has 2 heterocycles. The Kier molecular flexibility index (Phi) is 5.28. The molecule has 21 heavy (non-hydrogen) atoms. The van der Waals surface area contributed by atoms with Crippen LogP contribution in [-0.2, 0) is 4.74 Å². The van der Waals surface area contributed by atoms with Crippen LogP contribution in [-0.4, -0.2) is 55.2 Å². The number of likely N-dealkylation sites (tertiary alicyclic amines) is 1. The molecule has 0 radical (unpaired) electrons. The van der Waals surface area contributed by atoms with Crippen molar-refractivity contribution < 1.29 is 4.74 Å². The van der Waals surface area contributed by atoms with Crippen LogP contribution in [0, 0.1) is 0 Å². The van der Waals surface area contributed by atoms with Gasteiger partial charge < -0.3 is 9.64 Å². The molecule has 1 aromatic rings. The first kappa shape index (κ1) is 15.0. The molecule has 3 rings (SSSR count). The molecule has 1 aromatic carbocycles. The van der Waals surface area contributed by atoms with Gasteiger partial charge in [0.15, 0.2) is 0 Å². The topological polar surface area (TPSA) is 15.7 Å². The zero-order chi connectivity index (χ0) is 14.5. The van der Waals surface area contributed by atoms with Crippen molar-refractivity contribution in [2.75, 3.05) is 39.3 Å². The molecule has 0 amide bonds. The summed E-state index contributed by atoms with van der Waals surface area (Å²) in [5, 5.41) is 0. The SMILES string of the molecule is C[C@H]1CO[C@@H](c2ccccc2)CN1CCN1CCCCC1. The maximum Gasteiger partial charge on any atom is 0.0952 e. The lowest BCUT2D eigenvalue weighted by Crippen LogP contribution is -2.48. The number of benzene rings is 1. The molecule has 0 N–H and O–H groups in total. The lowest BCUT2D eigenvalue weighted by atomic mass is 10.1. The summed E-state index contributed by atoms with van der Waals surface area (Å²) in [7, 11) is 0. The maximum atomic E-state index is 6.04. The van der Waals surface area contributed by atoms with E-state index in [1.165, 1.54) is 51.0 Å². The molecule has 0 aliphatic carbocycles. The maximum absolute atomic E-state index is 6.04. The summed E-state index contributed by atoms with van der Waals surface area (Å²) >= 11 is 0. The van der Waals surface area contributed by atoms with Crippen LogP contribution in [0.25, 0.3) is 0 Å². The highest BCUT2D eigenvalue weighted by Crippen LogP contribution is 2.24. The lowest BCUT2D eigenvalue weighted by molar-refractivity contribution is -0.0622. The molecule has 2 aliphatic heterocycles. The summed E-state index contributed by atoms with van der Waals surface area (Å²) < 4.78 is 6.04. The number of morpholine rings is 1. The Morgan fingerprint density at radius 3 is 2.57 bits per heavy atom. The van der Waals surface area contributed by atoms with Gasteiger partial charge in [-0.3, -0.25) is 4.90 Å². The minimum atomic E-state index is 0.240. The van der Waals surface area contributed by atoms with E-state index in [4.69, 9.17) is 4.74 Å². The van der Waals surface area contributed by atoms with E-state index in [0.717, 1.165) is 13.2 Å². The van der Waals surface area contributed by atoms with Crippen LogP contribution in [0.5, 0.6) is 0 Å². The Balaban J connectivity index is 1.53. The van der Waals surface area contributed by atoms with Crippen molar-refractivity contribution in [3.63, 3.8) is 0 Å². The van der Waals surface area contributed by atoms with E-state index in [1.807, 2.05) is 0 Å². The van der Waals surface area contributed by atoms with Crippen molar-refractivity contribution in [1.29, 1.82) is 0 Å². The normalized spacial score (nSPS) is 28.6. The number of piperidine rings is 1. The highest BCUT2D eigenvalue weighted by molar-refractivity contribution is 5.18. The Labute approximate surface area is 128 Å². The van der Waals surface area contributed by atoms with Gasteiger partial charge >= 0.3 is 0 Å². The molecule has 0 spiro atoms. The summed E-state index contributed by atoms with van der Waals surface area (Å²) in [6.45, 7) is 9.14. The fraction of sp³-hybridized carbons (Fsp3) is 0.667. The first-order valence-electron chi connectivity index (χ1n) is 8.46. The highest BCUT2D eigenvalue weighted by atomic mass is 16.5. The van der Waals surface area contributed by atoms with Crippen LogP contribution in [0.1, 0.15) is 37.9 Å². The summed E-state index contributed by atoms with van der Waals surface area (Å²) in [6, 6.07) is 11.2. The van der Waals surface area contributed by atoms with Crippen LogP contribution in [0.4, 0.5) is 0 Å². The van der Waals surface area contributed by atoms with Crippen LogP contribution in [0.3, 0.4) is 0 Å². The molecule has 0 saturated carbocycles. The third-order valence-electron chi connectivity index (χ3n) is 4.89. The fourth-order valence-corrected chi connectivity index (χ4v) is 3.44. The lowest BCUT2D eigenvalue weighted by Gasteiger charge is -2.39. The second-order valence-corrected chi connectivity index (χ2v) is 6.48. The number of hydrogen-bond donors (Lipinski definition) is 0. The number of hydrogen-bond acceptors (Lipinski definition) is 3. The Hall–Kier alpha value is -0.900. The average Bonchev–Trinajstić information content (AvgIpc) is 2.56. The van der Waals surface area contributed by atoms with Gasteiger partial charge in [0.2, 0.25) is 0 Å². The minimum absolute atomic E-state index is 0.240. The average molecular weight is 288 g/mol. The third-order valence-corrected chi connectivity index (χ3v) is 4.89. The van der Waals surface area contributed by atoms with Gasteiger partial charge in [0.05, 0.1) is 12.7 Å². The Morgan fingerprint density at radius 2 is 1.81 bits per heavy atom. The van der Waals surface area contributed by atoms with E-state index >= 15 is 0 Å². The largest absolute Gasteiger partial charge is 0.371 e. The van der Waals surface area contributed by atoms with E-state index in [9.17, 15) is 0 Å². The van der Waals surface area contributed by atoms with Gasteiger partial charge in [-0.15, -0.1) is 0 Å². The molecular weight excluding hydrogens is 260 g/mol. The van der Waals surface area contributed by atoms with Crippen molar-refractivity contribution in [3.05, 3.63) is 35.9 Å². The molecule has 3 heteroatoms. The van der Waals surface area contributed by atoms with Crippen molar-refractivity contribution >= 4 is 0 Å². The van der Waals surface area contributed by atoms with Crippen LogP contribution in [0.2, 0.25) is 0 Å². The first-order valence-corrected chi connectivity index (χ1v) is 8.46. The standard InChI is InChI=1S/C18H28N2O/c1-16-15-21-18(17-8-4-2-5-9-17)14-20(16)13-12-19-10-6-3-7-11-19/h2,4-5,8-9,16,18H,3,6-7,10-15H2,1H3/t16-,18+/m0/s1. The zero-order valence-corrected chi connectivity index (χ0v) is 13.2. The Morgan fingerprint density at radius 1 is 1.05 bits per heavy atom. The molecule has 116 valence electrons. The first-order chi connectivity index (χ1) is 10.3. The summed E-state index contributed by atoms with van der Waals surface area (Å²) in [4.78, 5) is 5.24. The molecular formula is C18H28N2O. The fourth-order valence-electron chi connectivity index (χ4n) is 3.44. The van der Waals surface area contributed by atoms with Crippen molar-refractivity contribution in [3.8, 4) is 0 Å². The van der Waals surface area contributed by atoms with Gasteiger partial charge in [-0.05, 0) is 38.4 Å². The van der Waals surface area contributed by atoms with E-state index in [1.54, 1.807) is 0 Å². The zero-order valence-electron chi connectivity index (χ0n) is 13.2. The van der Waals surface area contributed by atoms with Gasteiger partial charge in [-0.2, -0.15) is 0 Å². The van der Waals surface area contributed by atoms with E-state index in [-0.39, 0.29) is 6.10 Å². The van der Waals surface area contributed by atoms with Gasteiger partial charge in [-0.1, -0.05) is 36.8 Å². The molecule has 0 bridgehead atoms. The molecule has 0 aromatic heterocycles. The van der Waals surface area contributed by atoms with Gasteiger partial charge in [0.25, 0.3) is 0 Å². The molecule has 3 nitrogen and oxygen atoms in total. The molecule has 0 unspecified atom stereocenters. The smallest absolute Gasteiger partial charge is 0.0952 e. The predicted octanol–water partition coefficient (Wildman–Crippen LogP) is 2.93. The van der Waals surface area contributed by atoms with Crippen molar-refractivity contribution in [1.82, 2.24) is 9.80 Å². The summed E-state index contributed by atoms with van der Waals surface area (Å²) in [6.07, 6.45) is 4.42. The van der Waals surface area contributed by atoms with Gasteiger partial charge in [0.1, 0.15) is 0 Å². The number of nitrogens with zero attached hydrogens (tertiary/aromatic N) is 2. The predicted molar refractivity (Wildman–Crippen MR) is 86.5 cm³/mol. The van der Waals surface area contributed by atoms with Crippen LogP contribution >= 0.6 is 0 Å². The summed E-state index contributed by atoms with van der Waals surface area (Å²) in [5.41, 5.74) is 1.31. The Bertz CT molecular complexity index is 416. The van der Waals surface area contributed by atoms with Crippen molar-refractivity contribution in [2.24, 2.45) is 0 Å². The van der Waals surface area contributed by atoms with Gasteiger partial charge in [-0.25, -0.2) is 0 Å². The molecule has 2 fully saturated rings. The quantitative estimate of drug-likeness (QED) is 0.847. The van der Waals surface area contributed by atoms with Gasteiger partial charge in [0, 0.05) is 25.7 Å². The van der Waals surface area contributed by atoms with Crippen LogP contribution in [0.15, 0.2) is 30.3 Å². The highest BCUT2D eigenvalue weighted by Gasteiger charge is 2.27. The van der Waals surface area contributed by atoms with E-state index in [2.05, 4.69) is 47.1 Å². The van der Waals surface area contributed by atoms with E-state index in [0.29, 0.717) is 6.04 Å². The van der Waals surface area contributed by atoms with E-state index < -0.39 is 0 Å². The number of rotatable bonds is 4. The third kappa shape index (κ3) is 4.06. The minimum Gasteiger partial charge on any atom is -0.371 e. The van der Waals surface area contributed by atoms with Crippen molar-refractivity contribution in [2.45, 2.75) is 38.3 Å². The molecule has 2 saturated heterocycles. The number of ether oxygens (including phenoxy) is 1. The second kappa shape index (κ2) is 7.39.